The monoisotopic (exact) mass is 477 g/mol. The lowest BCUT2D eigenvalue weighted by atomic mass is 9.86. The third-order valence-electron chi connectivity index (χ3n) is 7.82. The quantitative estimate of drug-likeness (QED) is 0.501. The van der Waals surface area contributed by atoms with Crippen LogP contribution in [-0.4, -0.2) is 28.0 Å². The van der Waals surface area contributed by atoms with Crippen LogP contribution < -0.4 is 10.2 Å². The van der Waals surface area contributed by atoms with Crippen molar-refractivity contribution in [2.24, 2.45) is 5.92 Å². The minimum atomic E-state index is -1.02. The lowest BCUT2D eigenvalue weighted by molar-refractivity contribution is -0.127. The molecule has 1 atom stereocenters. The van der Waals surface area contributed by atoms with Crippen LogP contribution in [0.5, 0.6) is 0 Å². The third-order valence-corrected chi connectivity index (χ3v) is 9.03. The van der Waals surface area contributed by atoms with Gasteiger partial charge in [0, 0.05) is 16.6 Å². The average molecular weight is 478 g/mol. The van der Waals surface area contributed by atoms with E-state index < -0.39 is 5.54 Å². The van der Waals surface area contributed by atoms with E-state index in [9.17, 15) is 9.59 Å². The molecular formula is C28H35N3O2S. The number of nitrogens with zero attached hydrogens (tertiary/aromatic N) is 2. The van der Waals surface area contributed by atoms with E-state index in [4.69, 9.17) is 0 Å². The highest BCUT2D eigenvalue weighted by Gasteiger charge is 2.49. The molecule has 0 saturated heterocycles. The second-order valence-corrected chi connectivity index (χ2v) is 11.7. The van der Waals surface area contributed by atoms with Gasteiger partial charge in [0.1, 0.15) is 11.2 Å². The molecule has 5 rings (SSSR count). The second kappa shape index (κ2) is 8.56. The van der Waals surface area contributed by atoms with E-state index >= 15 is 0 Å². The van der Waals surface area contributed by atoms with E-state index in [0.717, 1.165) is 59.1 Å². The van der Waals surface area contributed by atoms with Crippen molar-refractivity contribution < 1.29 is 9.59 Å². The van der Waals surface area contributed by atoms with Crippen LogP contribution in [0, 0.1) is 19.8 Å². The van der Waals surface area contributed by atoms with Gasteiger partial charge in [0.2, 0.25) is 5.91 Å². The Bertz CT molecular complexity index is 1260. The normalized spacial score (nSPS) is 25.0. The van der Waals surface area contributed by atoms with Crippen molar-refractivity contribution in [1.82, 2.24) is 9.88 Å². The molecule has 1 N–H and O–H groups in total. The first kappa shape index (κ1) is 23.2. The molecule has 3 heterocycles. The Kier molecular flexibility index (Phi) is 5.83. The molecule has 2 amide bonds. The largest absolute Gasteiger partial charge is 0.351 e. The van der Waals surface area contributed by atoms with Gasteiger partial charge in [0.05, 0.1) is 16.8 Å². The maximum Gasteiger partial charge on any atom is 0.275 e. The molecule has 5 nitrogen and oxygen atoms in total. The molecule has 1 aliphatic heterocycles. The van der Waals surface area contributed by atoms with Gasteiger partial charge in [-0.05, 0) is 88.1 Å². The van der Waals surface area contributed by atoms with Gasteiger partial charge in [-0.2, -0.15) is 0 Å². The van der Waals surface area contributed by atoms with Crippen molar-refractivity contribution in [3.8, 4) is 0 Å². The Morgan fingerprint density at radius 3 is 2.59 bits per heavy atom. The van der Waals surface area contributed by atoms with Crippen LogP contribution in [0.15, 0.2) is 30.3 Å². The van der Waals surface area contributed by atoms with Gasteiger partial charge < -0.3 is 9.88 Å². The molecule has 0 spiro atoms. The predicted molar refractivity (Wildman–Crippen MR) is 140 cm³/mol. The maximum absolute atomic E-state index is 14.1. The molecule has 1 aromatic carbocycles. The van der Waals surface area contributed by atoms with Crippen LogP contribution in [0.4, 0.5) is 5.69 Å². The zero-order valence-corrected chi connectivity index (χ0v) is 21.7. The van der Waals surface area contributed by atoms with Crippen molar-refractivity contribution in [2.75, 3.05) is 4.90 Å². The summed E-state index contributed by atoms with van der Waals surface area (Å²) >= 11 is 1.74. The molecular weight excluding hydrogens is 442 g/mol. The first-order valence-corrected chi connectivity index (χ1v) is 13.4. The lowest BCUT2D eigenvalue weighted by Crippen LogP contribution is -2.65. The first-order valence-electron chi connectivity index (χ1n) is 12.6. The summed E-state index contributed by atoms with van der Waals surface area (Å²) in [5.41, 5.74) is 3.61. The predicted octanol–water partition coefficient (Wildman–Crippen LogP) is 6.00. The van der Waals surface area contributed by atoms with Crippen molar-refractivity contribution in [2.45, 2.75) is 84.8 Å². The Balaban J connectivity index is 1.60. The standard InChI is InChI=1S/C28H35N3O2S/c1-6-21-14-23-25(34-21)15-24-26(32)31(22-13-18(3)7-10-19(22)4)28(5,16-30(23)24)27(33)29-20-11-8-17(2)9-12-20/h7,10,13-15,17,20H,6,8-9,11-12,16H2,1-5H3,(H,29,33)/t17?,20?,28-/m1/s1. The van der Waals surface area contributed by atoms with Crippen LogP contribution in [0.1, 0.15) is 72.9 Å². The Morgan fingerprint density at radius 1 is 1.15 bits per heavy atom. The van der Waals surface area contributed by atoms with E-state index in [0.29, 0.717) is 18.2 Å². The van der Waals surface area contributed by atoms with E-state index in [1.54, 1.807) is 16.2 Å². The fourth-order valence-corrected chi connectivity index (χ4v) is 6.63. The number of hydrogen-bond donors (Lipinski definition) is 1. The number of nitrogens with one attached hydrogen (secondary N) is 1. The number of carbonyl (C=O) groups is 2. The number of benzene rings is 1. The molecule has 180 valence electrons. The zero-order chi connectivity index (χ0) is 24.2. The minimum Gasteiger partial charge on any atom is -0.351 e. The van der Waals surface area contributed by atoms with Crippen LogP contribution >= 0.6 is 11.3 Å². The van der Waals surface area contributed by atoms with Crippen LogP contribution in [-0.2, 0) is 17.8 Å². The zero-order valence-electron chi connectivity index (χ0n) is 20.9. The van der Waals surface area contributed by atoms with E-state index in [1.807, 2.05) is 39.0 Å². The molecule has 2 aliphatic rings. The Morgan fingerprint density at radius 2 is 1.88 bits per heavy atom. The summed E-state index contributed by atoms with van der Waals surface area (Å²) < 4.78 is 3.20. The van der Waals surface area contributed by atoms with Crippen LogP contribution in [0.2, 0.25) is 0 Å². The molecule has 1 aliphatic carbocycles. The number of hydrogen-bond acceptors (Lipinski definition) is 3. The number of amides is 2. The molecule has 1 saturated carbocycles. The van der Waals surface area contributed by atoms with Crippen molar-refractivity contribution in [3.05, 3.63) is 52.0 Å². The summed E-state index contributed by atoms with van der Waals surface area (Å²) in [6.45, 7) is 10.9. The lowest BCUT2D eigenvalue weighted by Gasteiger charge is -2.45. The van der Waals surface area contributed by atoms with E-state index in [2.05, 4.69) is 35.9 Å². The maximum atomic E-state index is 14.1. The van der Waals surface area contributed by atoms with Gasteiger partial charge >= 0.3 is 0 Å². The molecule has 0 radical (unpaired) electrons. The summed E-state index contributed by atoms with van der Waals surface area (Å²) in [5.74, 6) is 0.560. The van der Waals surface area contributed by atoms with Gasteiger partial charge in [-0.3, -0.25) is 14.5 Å². The highest BCUT2D eigenvalue weighted by Crippen LogP contribution is 2.40. The van der Waals surface area contributed by atoms with Crippen molar-refractivity contribution >= 4 is 39.1 Å². The molecule has 34 heavy (non-hydrogen) atoms. The first-order chi connectivity index (χ1) is 16.2. The highest BCUT2D eigenvalue weighted by atomic mass is 32.1. The Labute approximate surface area is 206 Å². The Hall–Kier alpha value is -2.60. The summed E-state index contributed by atoms with van der Waals surface area (Å²) in [7, 11) is 0. The molecule has 0 unspecified atom stereocenters. The summed E-state index contributed by atoms with van der Waals surface area (Å²) in [4.78, 5) is 31.2. The smallest absolute Gasteiger partial charge is 0.275 e. The van der Waals surface area contributed by atoms with E-state index in [1.165, 1.54) is 4.88 Å². The molecule has 0 bridgehead atoms. The number of aromatic nitrogens is 1. The summed E-state index contributed by atoms with van der Waals surface area (Å²) in [6, 6.07) is 10.5. The minimum absolute atomic E-state index is 0.0558. The van der Waals surface area contributed by atoms with Crippen molar-refractivity contribution in [1.29, 1.82) is 0 Å². The van der Waals surface area contributed by atoms with Gasteiger partial charge in [0.15, 0.2) is 0 Å². The molecule has 3 aromatic rings. The van der Waals surface area contributed by atoms with Crippen LogP contribution in [0.25, 0.3) is 10.2 Å². The van der Waals surface area contributed by atoms with Gasteiger partial charge in [-0.25, -0.2) is 0 Å². The topological polar surface area (TPSA) is 54.3 Å². The van der Waals surface area contributed by atoms with Crippen LogP contribution in [0.3, 0.4) is 0 Å². The average Bonchev–Trinajstić information content (AvgIpc) is 3.36. The summed E-state index contributed by atoms with van der Waals surface area (Å²) in [5, 5.41) is 3.35. The van der Waals surface area contributed by atoms with Crippen molar-refractivity contribution in [3.63, 3.8) is 0 Å². The SMILES string of the molecule is CCc1cc2c(cc3n2C[C@](C)(C(=O)NC2CCC(C)CC2)N(c2cc(C)ccc2C)C3=O)s1. The molecule has 2 aromatic heterocycles. The summed E-state index contributed by atoms with van der Waals surface area (Å²) in [6.07, 6.45) is 5.25. The van der Waals surface area contributed by atoms with Gasteiger partial charge in [-0.15, -0.1) is 11.3 Å². The fourth-order valence-electron chi connectivity index (χ4n) is 5.59. The number of anilines is 1. The fraction of sp³-hybridized carbons (Fsp3) is 0.500. The van der Waals surface area contributed by atoms with E-state index in [-0.39, 0.29) is 17.9 Å². The number of thiophene rings is 1. The van der Waals surface area contributed by atoms with Gasteiger partial charge in [-0.1, -0.05) is 26.0 Å². The third kappa shape index (κ3) is 3.76. The number of aryl methyl sites for hydroxylation is 3. The second-order valence-electron chi connectivity index (χ2n) is 10.6. The number of rotatable bonds is 4. The number of carbonyl (C=O) groups excluding carboxylic acids is 2. The number of fused-ring (bicyclic) bond motifs is 3. The molecule has 1 fully saturated rings. The molecule has 6 heteroatoms. The highest BCUT2D eigenvalue weighted by molar-refractivity contribution is 7.19. The van der Waals surface area contributed by atoms with Gasteiger partial charge in [0.25, 0.3) is 5.91 Å².